The fraction of sp³-hybridized carbons (Fsp3) is 0.650. The van der Waals surface area contributed by atoms with Crippen LogP contribution in [0.3, 0.4) is 0 Å². The molecular weight excluding hydrogens is 426 g/mol. The number of hydrogen-bond donors (Lipinski definition) is 3. The number of nitrogens with one attached hydrogen (secondary N) is 3. The van der Waals surface area contributed by atoms with Crippen LogP contribution < -0.4 is 14.8 Å². The highest BCUT2D eigenvalue weighted by Gasteiger charge is 2.34. The molecule has 1 aromatic carbocycles. The summed E-state index contributed by atoms with van der Waals surface area (Å²) in [6.07, 6.45) is 2.39. The first-order valence-electron chi connectivity index (χ1n) is 10.2. The molecule has 170 valence electrons. The van der Waals surface area contributed by atoms with Gasteiger partial charge in [0.25, 0.3) is 0 Å². The molecule has 8 nitrogen and oxygen atoms in total. The summed E-state index contributed by atoms with van der Waals surface area (Å²) in [5, 5.41) is 2.83. The maximum atomic E-state index is 12.6. The van der Waals surface area contributed by atoms with Crippen LogP contribution in [0.5, 0.6) is 0 Å². The van der Waals surface area contributed by atoms with E-state index in [9.17, 15) is 21.6 Å². The van der Waals surface area contributed by atoms with Gasteiger partial charge >= 0.3 is 0 Å². The average Bonchev–Trinajstić information content (AvgIpc) is 2.60. The molecule has 0 spiro atoms. The molecule has 0 heterocycles. The summed E-state index contributed by atoms with van der Waals surface area (Å²) >= 11 is 0. The Bertz CT molecular complexity index is 941. The first-order valence-corrected chi connectivity index (χ1v) is 13.1. The third-order valence-electron chi connectivity index (χ3n) is 5.05. The highest BCUT2D eigenvalue weighted by Crippen LogP contribution is 2.27. The van der Waals surface area contributed by atoms with Gasteiger partial charge in [0.1, 0.15) is 0 Å². The summed E-state index contributed by atoms with van der Waals surface area (Å²) in [4.78, 5) is 12.7. The maximum absolute atomic E-state index is 12.6. The topological polar surface area (TPSA) is 121 Å². The Morgan fingerprint density at radius 1 is 0.967 bits per heavy atom. The molecule has 1 amide bonds. The monoisotopic (exact) mass is 459 g/mol. The Hall–Kier alpha value is -1.49. The minimum absolute atomic E-state index is 0.136. The number of sulfonamides is 2. The predicted octanol–water partition coefficient (Wildman–Crippen LogP) is 2.59. The second-order valence-corrected chi connectivity index (χ2v) is 13.3. The molecular formula is C20H33N3O5S2. The fourth-order valence-electron chi connectivity index (χ4n) is 3.21. The zero-order valence-corrected chi connectivity index (χ0v) is 19.9. The molecule has 0 saturated heterocycles. The molecule has 0 radical (unpaired) electrons. The van der Waals surface area contributed by atoms with E-state index in [1.54, 1.807) is 46.8 Å². The summed E-state index contributed by atoms with van der Waals surface area (Å²) in [6.45, 7) is 8.46. The number of rotatable bonds is 7. The van der Waals surface area contributed by atoms with Gasteiger partial charge in [0.05, 0.1) is 9.64 Å². The first kappa shape index (κ1) is 24.8. The molecule has 1 fully saturated rings. The molecule has 1 saturated carbocycles. The van der Waals surface area contributed by atoms with Gasteiger partial charge in [-0.15, -0.1) is 0 Å². The van der Waals surface area contributed by atoms with Crippen molar-refractivity contribution in [2.45, 2.75) is 82.0 Å². The van der Waals surface area contributed by atoms with E-state index in [0.717, 1.165) is 0 Å². The maximum Gasteiger partial charge on any atom is 0.240 e. The molecule has 1 aliphatic rings. The van der Waals surface area contributed by atoms with E-state index in [2.05, 4.69) is 14.8 Å². The number of amides is 1. The number of hydrogen-bond acceptors (Lipinski definition) is 5. The predicted molar refractivity (Wildman–Crippen MR) is 118 cm³/mol. The lowest BCUT2D eigenvalue weighted by atomic mass is 9.86. The van der Waals surface area contributed by atoms with E-state index in [0.29, 0.717) is 31.4 Å². The Kier molecular flexibility index (Phi) is 7.71. The minimum Gasteiger partial charge on any atom is -0.326 e. The van der Waals surface area contributed by atoms with Gasteiger partial charge in [-0.1, -0.05) is 0 Å². The molecule has 0 aromatic heterocycles. The van der Waals surface area contributed by atoms with Gasteiger partial charge < -0.3 is 5.32 Å². The Morgan fingerprint density at radius 3 is 1.97 bits per heavy atom. The normalized spacial score (nSPS) is 20.9. The van der Waals surface area contributed by atoms with Gasteiger partial charge in [-0.05, 0) is 84.6 Å². The molecule has 1 aromatic rings. The number of carbonyl (C=O) groups is 1. The summed E-state index contributed by atoms with van der Waals surface area (Å²) in [6, 6.07) is 5.68. The van der Waals surface area contributed by atoms with Crippen molar-refractivity contribution in [2.24, 2.45) is 5.92 Å². The molecule has 2 rings (SSSR count). The van der Waals surface area contributed by atoms with Gasteiger partial charge in [0, 0.05) is 23.7 Å². The van der Waals surface area contributed by atoms with E-state index in [1.807, 2.05) is 0 Å². The summed E-state index contributed by atoms with van der Waals surface area (Å²) in [5.41, 5.74) is 0.527. The van der Waals surface area contributed by atoms with Crippen molar-refractivity contribution in [3.8, 4) is 0 Å². The van der Waals surface area contributed by atoms with E-state index in [-0.39, 0.29) is 28.8 Å². The van der Waals surface area contributed by atoms with Gasteiger partial charge in [0.2, 0.25) is 26.0 Å². The molecule has 10 heteroatoms. The molecule has 1 aliphatic carbocycles. The quantitative estimate of drug-likeness (QED) is 0.579. The first-order chi connectivity index (χ1) is 13.7. The Balaban J connectivity index is 1.91. The number of benzene rings is 1. The van der Waals surface area contributed by atoms with Gasteiger partial charge in [-0.2, -0.15) is 0 Å². The van der Waals surface area contributed by atoms with Crippen molar-refractivity contribution in [1.82, 2.24) is 9.44 Å². The Morgan fingerprint density at radius 2 is 1.50 bits per heavy atom. The summed E-state index contributed by atoms with van der Waals surface area (Å²) in [5.74, 6) is -0.338. The second kappa shape index (κ2) is 9.33. The average molecular weight is 460 g/mol. The third kappa shape index (κ3) is 6.50. The second-order valence-electron chi connectivity index (χ2n) is 9.07. The summed E-state index contributed by atoms with van der Waals surface area (Å²) in [7, 11) is -6.99. The van der Waals surface area contributed by atoms with Crippen LogP contribution in [0, 0.1) is 5.92 Å². The molecule has 30 heavy (non-hydrogen) atoms. The number of anilines is 1. The standard InChI is InChI=1S/C20H33N3O5S2/c1-14(2)22-29(25,26)18-12-10-16(11-13-18)21-19(24)15-6-8-17(9-7-15)23-30(27,28)20(3,4)5/h10-15,17,22-23H,6-9H2,1-5H3,(H,21,24). The molecule has 0 bridgehead atoms. The third-order valence-corrected chi connectivity index (χ3v) is 8.98. The van der Waals surface area contributed by atoms with Crippen LogP contribution in [-0.2, 0) is 24.8 Å². The van der Waals surface area contributed by atoms with Crippen LogP contribution in [0.4, 0.5) is 5.69 Å². The van der Waals surface area contributed by atoms with E-state index in [1.165, 1.54) is 12.1 Å². The number of carbonyl (C=O) groups excluding carboxylic acids is 1. The summed E-state index contributed by atoms with van der Waals surface area (Å²) < 4.78 is 53.3. The Labute approximate surface area is 180 Å². The van der Waals surface area contributed by atoms with Gasteiger partial charge in [-0.3, -0.25) is 4.79 Å². The van der Waals surface area contributed by atoms with Crippen molar-refractivity contribution in [3.05, 3.63) is 24.3 Å². The van der Waals surface area contributed by atoms with E-state index in [4.69, 9.17) is 0 Å². The smallest absolute Gasteiger partial charge is 0.240 e. The lowest BCUT2D eigenvalue weighted by molar-refractivity contribution is -0.120. The van der Waals surface area contributed by atoms with Crippen molar-refractivity contribution < 1.29 is 21.6 Å². The largest absolute Gasteiger partial charge is 0.326 e. The SMILES string of the molecule is CC(C)NS(=O)(=O)c1ccc(NC(=O)C2CCC(NS(=O)(=O)C(C)(C)C)CC2)cc1. The van der Waals surface area contributed by atoms with Crippen molar-refractivity contribution >= 4 is 31.6 Å². The van der Waals surface area contributed by atoms with Crippen LogP contribution in [0.15, 0.2) is 29.2 Å². The zero-order chi connectivity index (χ0) is 22.7. The van der Waals surface area contributed by atoms with E-state index < -0.39 is 24.8 Å². The molecule has 0 unspecified atom stereocenters. The van der Waals surface area contributed by atoms with Crippen molar-refractivity contribution in [1.29, 1.82) is 0 Å². The molecule has 3 N–H and O–H groups in total. The van der Waals surface area contributed by atoms with Crippen LogP contribution in [0.2, 0.25) is 0 Å². The molecule has 0 atom stereocenters. The van der Waals surface area contributed by atoms with Gasteiger partial charge in [-0.25, -0.2) is 26.3 Å². The van der Waals surface area contributed by atoms with Crippen molar-refractivity contribution in [2.75, 3.05) is 5.32 Å². The van der Waals surface area contributed by atoms with Crippen molar-refractivity contribution in [3.63, 3.8) is 0 Å². The molecule has 0 aliphatic heterocycles. The van der Waals surface area contributed by atoms with Gasteiger partial charge in [0.15, 0.2) is 0 Å². The lowest BCUT2D eigenvalue weighted by Crippen LogP contribution is -2.46. The zero-order valence-electron chi connectivity index (χ0n) is 18.2. The highest BCUT2D eigenvalue weighted by atomic mass is 32.2. The van der Waals surface area contributed by atoms with Crippen LogP contribution in [0.25, 0.3) is 0 Å². The highest BCUT2D eigenvalue weighted by molar-refractivity contribution is 7.90. The van der Waals surface area contributed by atoms with Crippen LogP contribution >= 0.6 is 0 Å². The minimum atomic E-state index is -3.58. The van der Waals surface area contributed by atoms with Crippen LogP contribution in [-0.4, -0.2) is 39.6 Å². The lowest BCUT2D eigenvalue weighted by Gasteiger charge is -2.30. The van der Waals surface area contributed by atoms with Crippen LogP contribution in [0.1, 0.15) is 60.3 Å². The van der Waals surface area contributed by atoms with E-state index >= 15 is 0 Å². The fourth-order valence-corrected chi connectivity index (χ4v) is 5.49.